The zero-order valence-corrected chi connectivity index (χ0v) is 13.8. The number of nitrogens with one attached hydrogen (secondary N) is 1. The summed E-state index contributed by atoms with van der Waals surface area (Å²) in [6, 6.07) is 3.96. The third-order valence-corrected chi connectivity index (χ3v) is 3.74. The highest BCUT2D eigenvalue weighted by atomic mass is 79.9. The summed E-state index contributed by atoms with van der Waals surface area (Å²) in [6.07, 6.45) is 2.47. The monoisotopic (exact) mass is 329 g/mol. The summed E-state index contributed by atoms with van der Waals surface area (Å²) < 4.78 is 11.6. The topological polar surface area (TPSA) is 30.5 Å². The van der Waals surface area contributed by atoms with Crippen molar-refractivity contribution in [2.75, 3.05) is 20.8 Å². The summed E-state index contributed by atoms with van der Waals surface area (Å²) >= 11 is 3.57. The molecule has 19 heavy (non-hydrogen) atoms. The maximum atomic E-state index is 5.32. The van der Waals surface area contributed by atoms with Gasteiger partial charge in [-0.15, -0.1) is 0 Å². The quantitative estimate of drug-likeness (QED) is 0.731. The first-order chi connectivity index (χ1) is 9.08. The van der Waals surface area contributed by atoms with Crippen molar-refractivity contribution in [2.45, 2.75) is 33.2 Å². The molecule has 108 valence electrons. The third kappa shape index (κ3) is 5.41. The molecule has 0 saturated carbocycles. The van der Waals surface area contributed by atoms with Crippen molar-refractivity contribution < 1.29 is 9.47 Å². The van der Waals surface area contributed by atoms with E-state index < -0.39 is 0 Å². The minimum Gasteiger partial charge on any atom is -0.493 e. The number of halogens is 1. The Kier molecular flexibility index (Phi) is 7.24. The summed E-state index contributed by atoms with van der Waals surface area (Å²) in [5.41, 5.74) is 1.18. The second-order valence-corrected chi connectivity index (χ2v) is 5.87. The van der Waals surface area contributed by atoms with E-state index in [2.05, 4.69) is 35.1 Å². The Bertz CT molecular complexity index is 394. The van der Waals surface area contributed by atoms with Crippen LogP contribution in [0, 0.1) is 5.92 Å². The van der Waals surface area contributed by atoms with E-state index in [9.17, 15) is 0 Å². The molecule has 0 unspecified atom stereocenters. The molecule has 0 aliphatic rings. The van der Waals surface area contributed by atoms with Crippen LogP contribution in [0.5, 0.6) is 11.5 Å². The van der Waals surface area contributed by atoms with E-state index in [-0.39, 0.29) is 0 Å². The minimum atomic E-state index is 0.748. The molecule has 1 aromatic carbocycles. The van der Waals surface area contributed by atoms with Crippen molar-refractivity contribution in [3.8, 4) is 11.5 Å². The molecule has 1 aromatic rings. The molecule has 4 heteroatoms. The van der Waals surface area contributed by atoms with Crippen molar-refractivity contribution in [1.82, 2.24) is 5.32 Å². The maximum absolute atomic E-state index is 5.32. The van der Waals surface area contributed by atoms with Gasteiger partial charge in [-0.05, 0) is 43.0 Å². The van der Waals surface area contributed by atoms with Crippen LogP contribution in [0.25, 0.3) is 0 Å². The van der Waals surface area contributed by atoms with Gasteiger partial charge in [-0.1, -0.05) is 29.8 Å². The van der Waals surface area contributed by atoms with E-state index in [0.717, 1.165) is 35.0 Å². The Morgan fingerprint density at radius 2 is 1.79 bits per heavy atom. The first-order valence-electron chi connectivity index (χ1n) is 6.69. The van der Waals surface area contributed by atoms with Gasteiger partial charge in [-0.2, -0.15) is 0 Å². The van der Waals surface area contributed by atoms with E-state index in [4.69, 9.17) is 9.47 Å². The zero-order chi connectivity index (χ0) is 14.3. The van der Waals surface area contributed by atoms with Gasteiger partial charge in [-0.3, -0.25) is 0 Å². The van der Waals surface area contributed by atoms with E-state index >= 15 is 0 Å². The van der Waals surface area contributed by atoms with Crippen LogP contribution in [0.2, 0.25) is 0 Å². The molecule has 0 fully saturated rings. The third-order valence-electron chi connectivity index (χ3n) is 3.00. The second kappa shape index (κ2) is 8.43. The standard InChI is InChI=1S/C15H24BrNO2/c1-11(2)6-5-7-17-10-12-8-14(18-3)15(19-4)9-13(12)16/h8-9,11,17H,5-7,10H2,1-4H3. The van der Waals surface area contributed by atoms with Gasteiger partial charge in [0.15, 0.2) is 11.5 Å². The van der Waals surface area contributed by atoms with E-state index in [1.807, 2.05) is 12.1 Å². The van der Waals surface area contributed by atoms with Gasteiger partial charge >= 0.3 is 0 Å². The fourth-order valence-corrected chi connectivity index (χ4v) is 2.35. The van der Waals surface area contributed by atoms with E-state index in [1.54, 1.807) is 14.2 Å². The lowest BCUT2D eigenvalue weighted by molar-refractivity contribution is 0.354. The lowest BCUT2D eigenvalue weighted by Gasteiger charge is -2.12. The first-order valence-corrected chi connectivity index (χ1v) is 7.49. The van der Waals surface area contributed by atoms with E-state index in [0.29, 0.717) is 0 Å². The molecule has 0 aliphatic carbocycles. The molecule has 3 nitrogen and oxygen atoms in total. The molecular weight excluding hydrogens is 306 g/mol. The van der Waals surface area contributed by atoms with Crippen molar-refractivity contribution in [3.63, 3.8) is 0 Å². The number of benzene rings is 1. The number of ether oxygens (including phenoxy) is 2. The molecule has 0 aliphatic heterocycles. The number of hydrogen-bond acceptors (Lipinski definition) is 3. The second-order valence-electron chi connectivity index (χ2n) is 5.01. The van der Waals surface area contributed by atoms with Crippen LogP contribution in [0.4, 0.5) is 0 Å². The molecule has 0 aromatic heterocycles. The highest BCUT2D eigenvalue weighted by molar-refractivity contribution is 9.10. The number of methoxy groups -OCH3 is 2. The molecule has 0 amide bonds. The molecule has 0 heterocycles. The normalized spacial score (nSPS) is 10.8. The Hall–Kier alpha value is -0.740. The largest absolute Gasteiger partial charge is 0.493 e. The minimum absolute atomic E-state index is 0.748. The maximum Gasteiger partial charge on any atom is 0.161 e. The van der Waals surface area contributed by atoms with E-state index in [1.165, 1.54) is 18.4 Å². The summed E-state index contributed by atoms with van der Waals surface area (Å²) in [6.45, 7) is 6.38. The number of hydrogen-bond donors (Lipinski definition) is 1. The van der Waals surface area contributed by atoms with Crippen LogP contribution in [-0.4, -0.2) is 20.8 Å². The van der Waals surface area contributed by atoms with Crippen LogP contribution >= 0.6 is 15.9 Å². The summed E-state index contributed by atoms with van der Waals surface area (Å²) in [7, 11) is 3.31. The summed E-state index contributed by atoms with van der Waals surface area (Å²) in [5.74, 6) is 2.29. The van der Waals surface area contributed by atoms with Gasteiger partial charge in [0, 0.05) is 11.0 Å². The van der Waals surface area contributed by atoms with Gasteiger partial charge in [0.25, 0.3) is 0 Å². The molecular formula is C15H24BrNO2. The Morgan fingerprint density at radius 1 is 1.16 bits per heavy atom. The summed E-state index contributed by atoms with van der Waals surface area (Å²) in [4.78, 5) is 0. The lowest BCUT2D eigenvalue weighted by atomic mass is 10.1. The molecule has 0 spiro atoms. The van der Waals surface area contributed by atoms with Gasteiger partial charge in [0.2, 0.25) is 0 Å². The van der Waals surface area contributed by atoms with Gasteiger partial charge < -0.3 is 14.8 Å². The SMILES string of the molecule is COc1cc(Br)c(CNCCCC(C)C)cc1OC. The van der Waals surface area contributed by atoms with Crippen molar-refractivity contribution in [3.05, 3.63) is 22.2 Å². The number of rotatable bonds is 8. The average molecular weight is 330 g/mol. The van der Waals surface area contributed by atoms with Gasteiger partial charge in [-0.25, -0.2) is 0 Å². The molecule has 1 rings (SSSR count). The van der Waals surface area contributed by atoms with Crippen LogP contribution in [0.3, 0.4) is 0 Å². The van der Waals surface area contributed by atoms with Gasteiger partial charge in [0.05, 0.1) is 14.2 Å². The Morgan fingerprint density at radius 3 is 2.37 bits per heavy atom. The average Bonchev–Trinajstić information content (AvgIpc) is 2.39. The van der Waals surface area contributed by atoms with Crippen LogP contribution in [-0.2, 0) is 6.54 Å². The smallest absolute Gasteiger partial charge is 0.161 e. The molecule has 0 atom stereocenters. The van der Waals surface area contributed by atoms with Gasteiger partial charge in [0.1, 0.15) is 0 Å². The van der Waals surface area contributed by atoms with Crippen molar-refractivity contribution in [1.29, 1.82) is 0 Å². The predicted octanol–water partition coefficient (Wildman–Crippen LogP) is 3.99. The molecule has 0 saturated heterocycles. The highest BCUT2D eigenvalue weighted by Crippen LogP contribution is 2.33. The Labute approximate surface area is 124 Å². The molecule has 1 N–H and O–H groups in total. The zero-order valence-electron chi connectivity index (χ0n) is 12.3. The summed E-state index contributed by atoms with van der Waals surface area (Å²) in [5, 5.41) is 3.46. The van der Waals surface area contributed by atoms with Crippen LogP contribution < -0.4 is 14.8 Å². The highest BCUT2D eigenvalue weighted by Gasteiger charge is 2.09. The lowest BCUT2D eigenvalue weighted by Crippen LogP contribution is -2.15. The van der Waals surface area contributed by atoms with Crippen molar-refractivity contribution in [2.24, 2.45) is 5.92 Å². The van der Waals surface area contributed by atoms with Crippen LogP contribution in [0.15, 0.2) is 16.6 Å². The first kappa shape index (κ1) is 16.3. The Balaban J connectivity index is 2.53. The van der Waals surface area contributed by atoms with Crippen LogP contribution in [0.1, 0.15) is 32.3 Å². The molecule has 0 bridgehead atoms. The predicted molar refractivity (Wildman–Crippen MR) is 83.0 cm³/mol. The fraction of sp³-hybridized carbons (Fsp3) is 0.600. The fourth-order valence-electron chi connectivity index (χ4n) is 1.89. The molecule has 0 radical (unpaired) electrons. The van der Waals surface area contributed by atoms with Crippen molar-refractivity contribution >= 4 is 15.9 Å².